The zero-order valence-electron chi connectivity index (χ0n) is 9.95. The highest BCUT2D eigenvalue weighted by Crippen LogP contribution is 2.21. The van der Waals surface area contributed by atoms with E-state index in [4.69, 9.17) is 5.73 Å². The first-order valence-electron chi connectivity index (χ1n) is 6.21. The Balaban J connectivity index is 2.05. The van der Waals surface area contributed by atoms with Gasteiger partial charge in [0, 0.05) is 18.3 Å². The Hall–Kier alpha value is -1.09. The van der Waals surface area contributed by atoms with Crippen LogP contribution in [0.1, 0.15) is 37.7 Å². The maximum absolute atomic E-state index is 6.19. The Morgan fingerprint density at radius 2 is 2.12 bits per heavy atom. The lowest BCUT2D eigenvalue weighted by atomic mass is 10.0. The number of hydrogen-bond donors (Lipinski definition) is 2. The monoisotopic (exact) mass is 219 g/mol. The lowest BCUT2D eigenvalue weighted by Gasteiger charge is -2.24. The van der Waals surface area contributed by atoms with Gasteiger partial charge in [0.1, 0.15) is 5.82 Å². The molecule has 0 spiro atoms. The molecule has 0 aromatic carbocycles. The Morgan fingerprint density at radius 3 is 2.94 bits per heavy atom. The molecule has 1 fully saturated rings. The average molecular weight is 219 g/mol. The van der Waals surface area contributed by atoms with Crippen LogP contribution in [-0.4, -0.2) is 17.1 Å². The molecule has 88 valence electrons. The lowest BCUT2D eigenvalue weighted by Crippen LogP contribution is -2.39. The normalized spacial score (nSPS) is 26.1. The van der Waals surface area contributed by atoms with Crippen LogP contribution in [-0.2, 0) is 0 Å². The summed E-state index contributed by atoms with van der Waals surface area (Å²) in [6.45, 7) is 2.08. The SMILES string of the molecule is Cc1cccnc1NC1CCCCCC1N. The number of hydrogen-bond acceptors (Lipinski definition) is 3. The van der Waals surface area contributed by atoms with E-state index in [1.165, 1.54) is 24.8 Å². The van der Waals surface area contributed by atoms with Crippen molar-refractivity contribution in [1.82, 2.24) is 4.98 Å². The summed E-state index contributed by atoms with van der Waals surface area (Å²) in [6.07, 6.45) is 7.98. The van der Waals surface area contributed by atoms with Crippen molar-refractivity contribution in [3.05, 3.63) is 23.9 Å². The topological polar surface area (TPSA) is 50.9 Å². The van der Waals surface area contributed by atoms with Gasteiger partial charge in [0.15, 0.2) is 0 Å². The third-order valence-corrected chi connectivity index (χ3v) is 3.40. The molecule has 1 aliphatic carbocycles. The van der Waals surface area contributed by atoms with Crippen molar-refractivity contribution in [3.8, 4) is 0 Å². The van der Waals surface area contributed by atoms with E-state index in [1.54, 1.807) is 0 Å². The summed E-state index contributed by atoms with van der Waals surface area (Å²) in [5, 5.41) is 3.50. The first kappa shape index (κ1) is 11.4. The van der Waals surface area contributed by atoms with Gasteiger partial charge < -0.3 is 11.1 Å². The maximum atomic E-state index is 6.19. The van der Waals surface area contributed by atoms with Crippen molar-refractivity contribution in [3.63, 3.8) is 0 Å². The number of nitrogens with two attached hydrogens (primary N) is 1. The predicted octanol–water partition coefficient (Wildman–Crippen LogP) is 2.46. The fourth-order valence-corrected chi connectivity index (χ4v) is 2.33. The zero-order valence-corrected chi connectivity index (χ0v) is 9.95. The third kappa shape index (κ3) is 2.73. The number of aromatic nitrogens is 1. The molecule has 3 heteroatoms. The van der Waals surface area contributed by atoms with Crippen LogP contribution in [0.5, 0.6) is 0 Å². The van der Waals surface area contributed by atoms with Crippen LogP contribution in [0, 0.1) is 6.92 Å². The first-order chi connectivity index (χ1) is 7.77. The molecule has 0 saturated heterocycles. The van der Waals surface area contributed by atoms with Crippen LogP contribution in [0.25, 0.3) is 0 Å². The summed E-state index contributed by atoms with van der Waals surface area (Å²) in [5.41, 5.74) is 7.38. The molecule has 1 aliphatic rings. The highest BCUT2D eigenvalue weighted by Gasteiger charge is 2.20. The fraction of sp³-hybridized carbons (Fsp3) is 0.615. The molecule has 0 radical (unpaired) electrons. The third-order valence-electron chi connectivity index (χ3n) is 3.40. The number of anilines is 1. The van der Waals surface area contributed by atoms with E-state index in [2.05, 4.69) is 23.3 Å². The van der Waals surface area contributed by atoms with Crippen molar-refractivity contribution in [1.29, 1.82) is 0 Å². The van der Waals surface area contributed by atoms with Gasteiger partial charge in [-0.1, -0.05) is 25.3 Å². The first-order valence-corrected chi connectivity index (χ1v) is 6.21. The van der Waals surface area contributed by atoms with Crippen molar-refractivity contribution in [2.45, 2.75) is 51.1 Å². The molecule has 1 aromatic heterocycles. The second-order valence-electron chi connectivity index (χ2n) is 4.72. The van der Waals surface area contributed by atoms with Gasteiger partial charge in [-0.15, -0.1) is 0 Å². The summed E-state index contributed by atoms with van der Waals surface area (Å²) >= 11 is 0. The van der Waals surface area contributed by atoms with Crippen molar-refractivity contribution in [2.75, 3.05) is 5.32 Å². The second-order valence-corrected chi connectivity index (χ2v) is 4.72. The van der Waals surface area contributed by atoms with Crippen molar-refractivity contribution >= 4 is 5.82 Å². The summed E-state index contributed by atoms with van der Waals surface area (Å²) in [7, 11) is 0. The van der Waals surface area contributed by atoms with Crippen LogP contribution >= 0.6 is 0 Å². The van der Waals surface area contributed by atoms with Crippen molar-refractivity contribution in [2.24, 2.45) is 5.73 Å². The minimum Gasteiger partial charge on any atom is -0.366 e. The second kappa shape index (κ2) is 5.30. The molecule has 2 rings (SSSR count). The van der Waals surface area contributed by atoms with E-state index in [9.17, 15) is 0 Å². The highest BCUT2D eigenvalue weighted by molar-refractivity contribution is 5.43. The standard InChI is InChI=1S/C13H21N3/c1-10-6-5-9-15-13(10)16-12-8-4-2-3-7-11(12)14/h5-6,9,11-12H,2-4,7-8,14H2,1H3,(H,15,16). The molecule has 3 nitrogen and oxygen atoms in total. The lowest BCUT2D eigenvalue weighted by molar-refractivity contribution is 0.527. The van der Waals surface area contributed by atoms with Gasteiger partial charge in [-0.3, -0.25) is 0 Å². The summed E-state index contributed by atoms with van der Waals surface area (Å²) in [5.74, 6) is 0.991. The quantitative estimate of drug-likeness (QED) is 0.751. The molecule has 1 aromatic rings. The van der Waals surface area contributed by atoms with E-state index in [0.717, 1.165) is 18.7 Å². The Kier molecular flexibility index (Phi) is 3.78. The molecule has 2 unspecified atom stereocenters. The van der Waals surface area contributed by atoms with Gasteiger partial charge in [0.2, 0.25) is 0 Å². The van der Waals surface area contributed by atoms with E-state index in [1.807, 2.05) is 12.3 Å². The largest absolute Gasteiger partial charge is 0.366 e. The summed E-state index contributed by atoms with van der Waals surface area (Å²) in [4.78, 5) is 4.37. The summed E-state index contributed by atoms with van der Waals surface area (Å²) < 4.78 is 0. The van der Waals surface area contributed by atoms with Gasteiger partial charge >= 0.3 is 0 Å². The molecule has 16 heavy (non-hydrogen) atoms. The van der Waals surface area contributed by atoms with Crippen molar-refractivity contribution < 1.29 is 0 Å². The predicted molar refractivity (Wildman–Crippen MR) is 67.4 cm³/mol. The Bertz CT molecular complexity index is 338. The van der Waals surface area contributed by atoms with E-state index < -0.39 is 0 Å². The minimum atomic E-state index is 0.268. The fourth-order valence-electron chi connectivity index (χ4n) is 2.33. The van der Waals surface area contributed by atoms with Gasteiger partial charge in [0.25, 0.3) is 0 Å². The number of rotatable bonds is 2. The molecule has 1 heterocycles. The number of nitrogens with one attached hydrogen (secondary N) is 1. The average Bonchev–Trinajstić information content (AvgIpc) is 2.48. The van der Waals surface area contributed by atoms with Crippen LogP contribution in [0.3, 0.4) is 0 Å². The molecule has 1 saturated carbocycles. The van der Waals surface area contributed by atoms with Crippen LogP contribution < -0.4 is 11.1 Å². The van der Waals surface area contributed by atoms with E-state index in [0.29, 0.717) is 6.04 Å². The van der Waals surface area contributed by atoms with E-state index >= 15 is 0 Å². The highest BCUT2D eigenvalue weighted by atomic mass is 15.0. The molecular weight excluding hydrogens is 198 g/mol. The van der Waals surface area contributed by atoms with E-state index in [-0.39, 0.29) is 6.04 Å². The number of nitrogens with zero attached hydrogens (tertiary/aromatic N) is 1. The zero-order chi connectivity index (χ0) is 11.4. The number of aryl methyl sites for hydroxylation is 1. The molecule has 0 aliphatic heterocycles. The summed E-state index contributed by atoms with van der Waals surface area (Å²) in [6, 6.07) is 4.70. The molecule has 2 atom stereocenters. The smallest absolute Gasteiger partial charge is 0.129 e. The molecule has 3 N–H and O–H groups in total. The van der Waals surface area contributed by atoms with Gasteiger partial charge in [-0.05, 0) is 31.4 Å². The molecule has 0 amide bonds. The number of pyridine rings is 1. The van der Waals surface area contributed by atoms with Gasteiger partial charge in [0.05, 0.1) is 0 Å². The minimum absolute atomic E-state index is 0.268. The maximum Gasteiger partial charge on any atom is 0.129 e. The Morgan fingerprint density at radius 1 is 1.31 bits per heavy atom. The van der Waals surface area contributed by atoms with Gasteiger partial charge in [-0.25, -0.2) is 4.98 Å². The molecule has 0 bridgehead atoms. The van der Waals surface area contributed by atoms with Gasteiger partial charge in [-0.2, -0.15) is 0 Å². The van der Waals surface area contributed by atoms with Crippen LogP contribution in [0.15, 0.2) is 18.3 Å². The Labute approximate surface area is 97.5 Å². The molecular formula is C13H21N3. The van der Waals surface area contributed by atoms with Crippen LogP contribution in [0.4, 0.5) is 5.82 Å². The van der Waals surface area contributed by atoms with Crippen LogP contribution in [0.2, 0.25) is 0 Å².